The monoisotopic (exact) mass is 246 g/mol. The van der Waals surface area contributed by atoms with Crippen molar-refractivity contribution in [2.24, 2.45) is 0 Å². The number of hydrogen-bond donors (Lipinski definition) is 0. The van der Waals surface area contributed by atoms with Gasteiger partial charge < -0.3 is 9.64 Å². The SMILES string of the molecule is CN1CCC(Oc2ccc3c(c2)CN(C)C3)CC1. The van der Waals surface area contributed by atoms with Crippen LogP contribution in [0.1, 0.15) is 24.0 Å². The number of hydrogen-bond acceptors (Lipinski definition) is 3. The van der Waals surface area contributed by atoms with Crippen LogP contribution in [0.15, 0.2) is 18.2 Å². The van der Waals surface area contributed by atoms with Crippen LogP contribution in [0.25, 0.3) is 0 Å². The summed E-state index contributed by atoms with van der Waals surface area (Å²) in [7, 11) is 4.35. The van der Waals surface area contributed by atoms with E-state index in [0.717, 1.165) is 44.8 Å². The van der Waals surface area contributed by atoms with Gasteiger partial charge in [0.15, 0.2) is 0 Å². The van der Waals surface area contributed by atoms with E-state index in [1.807, 2.05) is 0 Å². The summed E-state index contributed by atoms with van der Waals surface area (Å²) in [6.45, 7) is 4.43. The Labute approximate surface area is 109 Å². The van der Waals surface area contributed by atoms with E-state index in [9.17, 15) is 0 Å². The van der Waals surface area contributed by atoms with Crippen LogP contribution in [0.5, 0.6) is 5.75 Å². The highest BCUT2D eigenvalue weighted by atomic mass is 16.5. The summed E-state index contributed by atoms with van der Waals surface area (Å²) in [6.07, 6.45) is 2.69. The zero-order chi connectivity index (χ0) is 12.5. The molecule has 3 nitrogen and oxygen atoms in total. The van der Waals surface area contributed by atoms with Gasteiger partial charge in [-0.2, -0.15) is 0 Å². The molecule has 0 saturated carbocycles. The highest BCUT2D eigenvalue weighted by Crippen LogP contribution is 2.27. The second-order valence-corrected chi connectivity index (χ2v) is 5.72. The maximum Gasteiger partial charge on any atom is 0.120 e. The van der Waals surface area contributed by atoms with Gasteiger partial charge in [0.1, 0.15) is 11.9 Å². The Morgan fingerprint density at radius 2 is 1.72 bits per heavy atom. The first-order valence-electron chi connectivity index (χ1n) is 6.86. The molecule has 0 amide bonds. The van der Waals surface area contributed by atoms with Gasteiger partial charge in [-0.3, -0.25) is 4.90 Å². The molecule has 0 spiro atoms. The van der Waals surface area contributed by atoms with Crippen LogP contribution in [-0.4, -0.2) is 43.1 Å². The van der Waals surface area contributed by atoms with Crippen molar-refractivity contribution in [3.8, 4) is 5.75 Å². The number of benzene rings is 1. The third-order valence-corrected chi connectivity index (χ3v) is 4.03. The quantitative estimate of drug-likeness (QED) is 0.795. The predicted octanol–water partition coefficient (Wildman–Crippen LogP) is 2.10. The summed E-state index contributed by atoms with van der Waals surface area (Å²) in [5.74, 6) is 1.05. The van der Waals surface area contributed by atoms with Gasteiger partial charge in [0.2, 0.25) is 0 Å². The third-order valence-electron chi connectivity index (χ3n) is 4.03. The summed E-state index contributed by atoms with van der Waals surface area (Å²) in [5.41, 5.74) is 2.89. The van der Waals surface area contributed by atoms with Crippen LogP contribution in [0.4, 0.5) is 0 Å². The number of rotatable bonds is 2. The molecule has 0 N–H and O–H groups in total. The van der Waals surface area contributed by atoms with Crippen LogP contribution in [0.2, 0.25) is 0 Å². The van der Waals surface area contributed by atoms with E-state index in [-0.39, 0.29) is 0 Å². The van der Waals surface area contributed by atoms with E-state index in [0.29, 0.717) is 6.10 Å². The van der Waals surface area contributed by atoms with Crippen LogP contribution in [0, 0.1) is 0 Å². The molecule has 0 atom stereocenters. The minimum absolute atomic E-state index is 0.401. The molecule has 2 aliphatic heterocycles. The smallest absolute Gasteiger partial charge is 0.120 e. The molecule has 2 heterocycles. The maximum absolute atomic E-state index is 6.12. The molecule has 0 radical (unpaired) electrons. The Kier molecular flexibility index (Phi) is 3.27. The van der Waals surface area contributed by atoms with Gasteiger partial charge in [-0.15, -0.1) is 0 Å². The van der Waals surface area contributed by atoms with E-state index in [4.69, 9.17) is 4.74 Å². The van der Waals surface area contributed by atoms with Gasteiger partial charge in [-0.05, 0) is 50.2 Å². The summed E-state index contributed by atoms with van der Waals surface area (Å²) >= 11 is 0. The molecule has 1 fully saturated rings. The van der Waals surface area contributed by atoms with Crippen molar-refractivity contribution in [3.05, 3.63) is 29.3 Å². The first-order chi connectivity index (χ1) is 8.70. The largest absolute Gasteiger partial charge is 0.490 e. The predicted molar refractivity (Wildman–Crippen MR) is 72.8 cm³/mol. The lowest BCUT2D eigenvalue weighted by atomic mass is 10.1. The number of nitrogens with zero attached hydrogens (tertiary/aromatic N) is 2. The molecule has 0 aromatic heterocycles. The first kappa shape index (κ1) is 12.0. The summed E-state index contributed by atoms with van der Waals surface area (Å²) in [5, 5.41) is 0. The van der Waals surface area contributed by atoms with Crippen molar-refractivity contribution in [2.45, 2.75) is 32.0 Å². The Hall–Kier alpha value is -1.06. The van der Waals surface area contributed by atoms with E-state index in [1.165, 1.54) is 11.1 Å². The number of fused-ring (bicyclic) bond motifs is 1. The van der Waals surface area contributed by atoms with Crippen LogP contribution >= 0.6 is 0 Å². The molecule has 18 heavy (non-hydrogen) atoms. The highest BCUT2D eigenvalue weighted by Gasteiger charge is 2.20. The standard InChI is InChI=1S/C15H22N2O/c1-16-7-5-14(6-8-16)18-15-4-3-12-10-17(2)11-13(12)9-15/h3-4,9,14H,5-8,10-11H2,1-2H3. The molecule has 1 aromatic carbocycles. The topological polar surface area (TPSA) is 15.7 Å². The van der Waals surface area contributed by atoms with Crippen molar-refractivity contribution < 1.29 is 4.74 Å². The van der Waals surface area contributed by atoms with Gasteiger partial charge in [0.25, 0.3) is 0 Å². The molecule has 1 aromatic rings. The van der Waals surface area contributed by atoms with Crippen LogP contribution < -0.4 is 4.74 Å². The van der Waals surface area contributed by atoms with Crippen molar-refractivity contribution in [3.63, 3.8) is 0 Å². The van der Waals surface area contributed by atoms with Gasteiger partial charge in [0.05, 0.1) is 0 Å². The maximum atomic E-state index is 6.12. The molecule has 2 aliphatic rings. The van der Waals surface area contributed by atoms with E-state index < -0.39 is 0 Å². The zero-order valence-corrected chi connectivity index (χ0v) is 11.4. The van der Waals surface area contributed by atoms with E-state index in [1.54, 1.807) is 0 Å². The lowest BCUT2D eigenvalue weighted by molar-refractivity contribution is 0.114. The lowest BCUT2D eigenvalue weighted by Crippen LogP contribution is -2.35. The molecule has 3 rings (SSSR count). The second-order valence-electron chi connectivity index (χ2n) is 5.72. The molecule has 0 bridgehead atoms. The minimum atomic E-state index is 0.401. The Morgan fingerprint density at radius 3 is 2.50 bits per heavy atom. The Morgan fingerprint density at radius 1 is 1.00 bits per heavy atom. The fraction of sp³-hybridized carbons (Fsp3) is 0.600. The third kappa shape index (κ3) is 2.52. The number of ether oxygens (including phenoxy) is 1. The van der Waals surface area contributed by atoms with Crippen molar-refractivity contribution >= 4 is 0 Å². The average Bonchev–Trinajstić information content (AvgIpc) is 2.71. The lowest BCUT2D eigenvalue weighted by Gasteiger charge is -2.29. The van der Waals surface area contributed by atoms with E-state index in [2.05, 4.69) is 42.1 Å². The Bertz CT molecular complexity index is 425. The zero-order valence-electron chi connectivity index (χ0n) is 11.4. The number of piperidine rings is 1. The van der Waals surface area contributed by atoms with Gasteiger partial charge in [0, 0.05) is 26.2 Å². The van der Waals surface area contributed by atoms with Crippen LogP contribution in [-0.2, 0) is 13.1 Å². The average molecular weight is 246 g/mol. The minimum Gasteiger partial charge on any atom is -0.490 e. The van der Waals surface area contributed by atoms with Gasteiger partial charge in [-0.1, -0.05) is 6.07 Å². The van der Waals surface area contributed by atoms with Gasteiger partial charge >= 0.3 is 0 Å². The van der Waals surface area contributed by atoms with Gasteiger partial charge in [-0.25, -0.2) is 0 Å². The fourth-order valence-corrected chi connectivity index (χ4v) is 2.91. The molecule has 98 valence electrons. The molecule has 0 unspecified atom stereocenters. The van der Waals surface area contributed by atoms with Crippen molar-refractivity contribution in [1.29, 1.82) is 0 Å². The molecule has 1 saturated heterocycles. The normalized spacial score (nSPS) is 22.1. The molecular weight excluding hydrogens is 224 g/mol. The number of likely N-dealkylation sites (tertiary alicyclic amines) is 1. The van der Waals surface area contributed by atoms with Crippen molar-refractivity contribution in [2.75, 3.05) is 27.2 Å². The fourth-order valence-electron chi connectivity index (χ4n) is 2.91. The molecule has 3 heteroatoms. The van der Waals surface area contributed by atoms with Crippen molar-refractivity contribution in [1.82, 2.24) is 9.80 Å². The summed E-state index contributed by atoms with van der Waals surface area (Å²) < 4.78 is 6.12. The Balaban J connectivity index is 1.65. The first-order valence-corrected chi connectivity index (χ1v) is 6.86. The molecular formula is C15H22N2O. The van der Waals surface area contributed by atoms with Crippen LogP contribution in [0.3, 0.4) is 0 Å². The summed E-state index contributed by atoms with van der Waals surface area (Å²) in [6, 6.07) is 6.59. The second kappa shape index (κ2) is 4.90. The molecule has 0 aliphatic carbocycles. The highest BCUT2D eigenvalue weighted by molar-refractivity contribution is 5.37. The van der Waals surface area contributed by atoms with E-state index >= 15 is 0 Å². The summed E-state index contributed by atoms with van der Waals surface area (Å²) in [4.78, 5) is 4.71.